The first kappa shape index (κ1) is 12.1. The number of fused-ring (bicyclic) bond motifs is 1. The van der Waals surface area contributed by atoms with Crippen LogP contribution >= 0.6 is 15.9 Å². The maximum Gasteiger partial charge on any atom is 0.168 e. The number of hydrogen-bond donors (Lipinski definition) is 2. The van der Waals surface area contributed by atoms with Gasteiger partial charge in [-0.1, -0.05) is 6.42 Å². The van der Waals surface area contributed by atoms with Gasteiger partial charge in [-0.25, -0.2) is 0 Å². The number of rotatable bonds is 2. The van der Waals surface area contributed by atoms with E-state index in [0.29, 0.717) is 35.7 Å². The summed E-state index contributed by atoms with van der Waals surface area (Å²) in [6, 6.07) is 1.76. The molecule has 0 aromatic heterocycles. The van der Waals surface area contributed by atoms with E-state index in [9.17, 15) is 5.11 Å². The highest BCUT2D eigenvalue weighted by atomic mass is 79.9. The molecule has 5 heteroatoms. The maximum atomic E-state index is 10.3. The van der Waals surface area contributed by atoms with Gasteiger partial charge in [-0.05, 0) is 28.8 Å². The zero-order valence-corrected chi connectivity index (χ0v) is 11.6. The molecule has 1 fully saturated rings. The molecule has 0 amide bonds. The molecular formula is C13H16BrNO3. The van der Waals surface area contributed by atoms with Crippen LogP contribution in [0, 0.1) is 0 Å². The molecule has 0 radical (unpaired) electrons. The van der Waals surface area contributed by atoms with Gasteiger partial charge in [-0.15, -0.1) is 0 Å². The van der Waals surface area contributed by atoms with Gasteiger partial charge >= 0.3 is 0 Å². The molecule has 98 valence electrons. The van der Waals surface area contributed by atoms with Crippen LogP contribution in [0.1, 0.15) is 24.8 Å². The van der Waals surface area contributed by atoms with E-state index in [1.807, 2.05) is 0 Å². The average molecular weight is 314 g/mol. The minimum Gasteiger partial charge on any atom is -0.506 e. The van der Waals surface area contributed by atoms with Gasteiger partial charge in [-0.3, -0.25) is 0 Å². The highest BCUT2D eigenvalue weighted by molar-refractivity contribution is 9.10. The molecule has 3 N–H and O–H groups in total. The Morgan fingerprint density at radius 3 is 2.67 bits per heavy atom. The normalized spacial score (nSPS) is 20.3. The number of hydrogen-bond acceptors (Lipinski definition) is 4. The Bertz CT molecular complexity index is 480. The number of benzene rings is 1. The van der Waals surface area contributed by atoms with Crippen LogP contribution in [-0.2, 0) is 5.41 Å². The van der Waals surface area contributed by atoms with Crippen molar-refractivity contribution in [2.24, 2.45) is 5.73 Å². The molecular weight excluding hydrogens is 298 g/mol. The van der Waals surface area contributed by atoms with Crippen molar-refractivity contribution in [3.8, 4) is 17.2 Å². The predicted octanol–water partition coefficient (Wildman–Crippen LogP) is 2.31. The second-order valence-corrected chi connectivity index (χ2v) is 5.80. The fraction of sp³-hybridized carbons (Fsp3) is 0.538. The van der Waals surface area contributed by atoms with E-state index < -0.39 is 0 Å². The van der Waals surface area contributed by atoms with Crippen molar-refractivity contribution in [2.45, 2.75) is 24.7 Å². The second-order valence-electron chi connectivity index (χ2n) is 4.94. The number of ether oxygens (including phenoxy) is 2. The van der Waals surface area contributed by atoms with Crippen molar-refractivity contribution in [2.75, 3.05) is 19.8 Å². The van der Waals surface area contributed by atoms with Crippen LogP contribution in [0.3, 0.4) is 0 Å². The summed E-state index contributed by atoms with van der Waals surface area (Å²) in [6.45, 7) is 1.58. The van der Waals surface area contributed by atoms with Gasteiger partial charge < -0.3 is 20.3 Å². The van der Waals surface area contributed by atoms with Gasteiger partial charge in [-0.2, -0.15) is 0 Å². The van der Waals surface area contributed by atoms with E-state index >= 15 is 0 Å². The van der Waals surface area contributed by atoms with Crippen LogP contribution in [0.25, 0.3) is 0 Å². The van der Waals surface area contributed by atoms with Crippen molar-refractivity contribution >= 4 is 15.9 Å². The number of aromatic hydroxyl groups is 1. The summed E-state index contributed by atoms with van der Waals surface area (Å²) in [4.78, 5) is 0. The van der Waals surface area contributed by atoms with Crippen molar-refractivity contribution in [3.63, 3.8) is 0 Å². The highest BCUT2D eigenvalue weighted by Gasteiger charge is 2.43. The SMILES string of the molecule is NCC1(c2c(O)c(Br)cc3c2OCCO3)CCC1. The molecule has 1 aliphatic heterocycles. The summed E-state index contributed by atoms with van der Waals surface area (Å²) in [7, 11) is 0. The standard InChI is InChI=1S/C13H16BrNO3/c14-8-6-9-12(18-5-4-17-9)10(11(8)16)13(7-15)2-1-3-13/h6,16H,1-5,7,15H2. The van der Waals surface area contributed by atoms with Crippen LogP contribution in [0.4, 0.5) is 0 Å². The Morgan fingerprint density at radius 2 is 2.06 bits per heavy atom. The number of nitrogens with two attached hydrogens (primary N) is 1. The van der Waals surface area contributed by atoms with E-state index in [4.69, 9.17) is 15.2 Å². The summed E-state index contributed by atoms with van der Waals surface area (Å²) in [6.07, 6.45) is 3.12. The zero-order valence-electron chi connectivity index (χ0n) is 10.0. The third-order valence-corrected chi connectivity index (χ3v) is 4.60. The monoisotopic (exact) mass is 313 g/mol. The van der Waals surface area contributed by atoms with Crippen molar-refractivity contribution < 1.29 is 14.6 Å². The van der Waals surface area contributed by atoms with Gasteiger partial charge in [0.25, 0.3) is 0 Å². The van der Waals surface area contributed by atoms with Crippen LogP contribution in [0.5, 0.6) is 17.2 Å². The van der Waals surface area contributed by atoms with Crippen molar-refractivity contribution in [3.05, 3.63) is 16.1 Å². The molecule has 1 heterocycles. The summed E-state index contributed by atoms with van der Waals surface area (Å²) >= 11 is 3.37. The summed E-state index contributed by atoms with van der Waals surface area (Å²) in [5, 5.41) is 10.3. The molecule has 1 aliphatic carbocycles. The first-order chi connectivity index (χ1) is 8.68. The summed E-state index contributed by atoms with van der Waals surface area (Å²) in [5.41, 5.74) is 6.60. The second kappa shape index (κ2) is 4.31. The Morgan fingerprint density at radius 1 is 1.33 bits per heavy atom. The molecule has 1 aromatic carbocycles. The minimum absolute atomic E-state index is 0.154. The van der Waals surface area contributed by atoms with Crippen LogP contribution in [-0.4, -0.2) is 24.9 Å². The average Bonchev–Trinajstić information content (AvgIpc) is 2.33. The van der Waals surface area contributed by atoms with Crippen LogP contribution < -0.4 is 15.2 Å². The lowest BCUT2D eigenvalue weighted by Gasteiger charge is -2.43. The van der Waals surface area contributed by atoms with Crippen LogP contribution in [0.15, 0.2) is 10.5 Å². The molecule has 3 rings (SSSR count). The van der Waals surface area contributed by atoms with E-state index in [1.165, 1.54) is 0 Å². The van der Waals surface area contributed by atoms with Crippen LogP contribution in [0.2, 0.25) is 0 Å². The fourth-order valence-electron chi connectivity index (χ4n) is 2.80. The molecule has 0 saturated heterocycles. The van der Waals surface area contributed by atoms with Gasteiger partial charge in [0.15, 0.2) is 11.5 Å². The van der Waals surface area contributed by atoms with Gasteiger partial charge in [0.2, 0.25) is 0 Å². The molecule has 0 atom stereocenters. The summed E-state index contributed by atoms with van der Waals surface area (Å²) in [5.74, 6) is 1.61. The Kier molecular flexibility index (Phi) is 2.90. The summed E-state index contributed by atoms with van der Waals surface area (Å²) < 4.78 is 12.0. The minimum atomic E-state index is -0.154. The lowest BCUT2D eigenvalue weighted by atomic mass is 9.64. The van der Waals surface area contributed by atoms with Crippen molar-refractivity contribution in [1.29, 1.82) is 0 Å². The molecule has 0 bridgehead atoms. The highest BCUT2D eigenvalue weighted by Crippen LogP contribution is 2.55. The number of phenols is 1. The maximum absolute atomic E-state index is 10.3. The molecule has 1 aromatic rings. The molecule has 18 heavy (non-hydrogen) atoms. The number of halogens is 1. The Balaban J connectivity index is 2.20. The van der Waals surface area contributed by atoms with E-state index in [-0.39, 0.29) is 11.2 Å². The Hall–Kier alpha value is -0.940. The van der Waals surface area contributed by atoms with Gasteiger partial charge in [0.1, 0.15) is 19.0 Å². The quantitative estimate of drug-likeness (QED) is 0.879. The number of phenolic OH excluding ortho intramolecular Hbond substituents is 1. The van der Waals surface area contributed by atoms with E-state index in [2.05, 4.69) is 15.9 Å². The molecule has 1 saturated carbocycles. The molecule has 2 aliphatic rings. The van der Waals surface area contributed by atoms with E-state index in [1.54, 1.807) is 6.07 Å². The topological polar surface area (TPSA) is 64.7 Å². The van der Waals surface area contributed by atoms with Gasteiger partial charge in [0, 0.05) is 23.6 Å². The molecule has 0 unspecified atom stereocenters. The largest absolute Gasteiger partial charge is 0.506 e. The zero-order chi connectivity index (χ0) is 12.8. The first-order valence-electron chi connectivity index (χ1n) is 6.19. The fourth-order valence-corrected chi connectivity index (χ4v) is 3.20. The predicted molar refractivity (Wildman–Crippen MR) is 71.4 cm³/mol. The molecule has 0 spiro atoms. The first-order valence-corrected chi connectivity index (χ1v) is 6.99. The third kappa shape index (κ3) is 1.61. The van der Waals surface area contributed by atoms with Gasteiger partial charge in [0.05, 0.1) is 4.47 Å². The Labute approximate surface area is 114 Å². The van der Waals surface area contributed by atoms with Crippen molar-refractivity contribution in [1.82, 2.24) is 0 Å². The van der Waals surface area contributed by atoms with E-state index in [0.717, 1.165) is 24.8 Å². The lowest BCUT2D eigenvalue weighted by molar-refractivity contribution is 0.157. The lowest BCUT2D eigenvalue weighted by Crippen LogP contribution is -2.42. The third-order valence-electron chi connectivity index (χ3n) is 3.99. The molecule has 4 nitrogen and oxygen atoms in total. The smallest absolute Gasteiger partial charge is 0.168 e.